The molecule has 1 aromatic heterocycles. The first-order valence-corrected chi connectivity index (χ1v) is 4.51. The van der Waals surface area contributed by atoms with Crippen molar-refractivity contribution in [3.63, 3.8) is 0 Å². The number of nitrogens with zero attached hydrogens (tertiary/aromatic N) is 1. The molecule has 0 saturated carbocycles. The van der Waals surface area contributed by atoms with Gasteiger partial charge in [-0.15, -0.1) is 0 Å². The lowest BCUT2D eigenvalue weighted by Gasteiger charge is -2.05. The predicted octanol–water partition coefficient (Wildman–Crippen LogP) is 1.61. The van der Waals surface area contributed by atoms with Crippen LogP contribution in [0.1, 0.15) is 23.0 Å². The van der Waals surface area contributed by atoms with E-state index in [9.17, 15) is 4.79 Å². The van der Waals surface area contributed by atoms with Gasteiger partial charge in [-0.3, -0.25) is 0 Å². The van der Waals surface area contributed by atoms with Gasteiger partial charge in [0, 0.05) is 12.7 Å². The van der Waals surface area contributed by atoms with Crippen LogP contribution in [0.25, 0.3) is 0 Å². The Morgan fingerprint density at radius 2 is 2.29 bits per heavy atom. The molecule has 0 amide bonds. The number of ether oxygens (including phenoxy) is 1. The number of hydrogen-bond donors (Lipinski definition) is 1. The maximum atomic E-state index is 11.4. The molecule has 0 aliphatic rings. The van der Waals surface area contributed by atoms with Crippen LogP contribution in [-0.2, 0) is 4.74 Å². The predicted molar refractivity (Wildman–Crippen MR) is 54.5 cm³/mol. The molecule has 1 heterocycles. The van der Waals surface area contributed by atoms with Gasteiger partial charge in [0.15, 0.2) is 0 Å². The standard InChI is InChI=1S/C10H14N2O2/c1-4-14-10(13)8-5-7(2)12-9(6-8)11-3/h5-6H,4H2,1-3H3,(H,11,12). The summed E-state index contributed by atoms with van der Waals surface area (Å²) in [5.41, 5.74) is 1.32. The van der Waals surface area contributed by atoms with Crippen LogP contribution in [0.4, 0.5) is 5.82 Å². The number of carbonyl (C=O) groups is 1. The number of pyridine rings is 1. The van der Waals surface area contributed by atoms with Crippen molar-refractivity contribution in [2.75, 3.05) is 19.0 Å². The van der Waals surface area contributed by atoms with E-state index >= 15 is 0 Å². The number of aromatic nitrogens is 1. The summed E-state index contributed by atoms with van der Waals surface area (Å²) in [6.07, 6.45) is 0. The Morgan fingerprint density at radius 3 is 2.86 bits per heavy atom. The molecule has 0 spiro atoms. The normalized spacial score (nSPS) is 9.64. The van der Waals surface area contributed by atoms with E-state index in [4.69, 9.17) is 4.74 Å². The Labute approximate surface area is 83.3 Å². The number of esters is 1. The van der Waals surface area contributed by atoms with Crippen LogP contribution < -0.4 is 5.32 Å². The van der Waals surface area contributed by atoms with Crippen LogP contribution in [-0.4, -0.2) is 24.6 Å². The number of aryl methyl sites for hydroxylation is 1. The average Bonchev–Trinajstić information content (AvgIpc) is 2.17. The minimum atomic E-state index is -0.311. The van der Waals surface area contributed by atoms with E-state index in [1.807, 2.05) is 6.92 Å². The van der Waals surface area contributed by atoms with Gasteiger partial charge in [-0.25, -0.2) is 9.78 Å². The highest BCUT2D eigenvalue weighted by atomic mass is 16.5. The summed E-state index contributed by atoms with van der Waals surface area (Å²) >= 11 is 0. The molecule has 0 aliphatic carbocycles. The summed E-state index contributed by atoms with van der Waals surface area (Å²) < 4.78 is 4.89. The molecule has 0 aromatic carbocycles. The minimum absolute atomic E-state index is 0.311. The van der Waals surface area contributed by atoms with Gasteiger partial charge in [-0.05, 0) is 26.0 Å². The summed E-state index contributed by atoms with van der Waals surface area (Å²) in [5.74, 6) is 0.363. The molecule has 1 rings (SSSR count). The number of rotatable bonds is 3. The summed E-state index contributed by atoms with van der Waals surface area (Å²) in [6, 6.07) is 3.38. The van der Waals surface area contributed by atoms with E-state index in [1.165, 1.54) is 0 Å². The Hall–Kier alpha value is -1.58. The Morgan fingerprint density at radius 1 is 1.57 bits per heavy atom. The summed E-state index contributed by atoms with van der Waals surface area (Å²) in [5, 5.41) is 2.89. The molecular weight excluding hydrogens is 180 g/mol. The number of nitrogens with one attached hydrogen (secondary N) is 1. The molecular formula is C10H14N2O2. The molecule has 1 aromatic rings. The Kier molecular flexibility index (Phi) is 3.45. The maximum absolute atomic E-state index is 11.4. The van der Waals surface area contributed by atoms with E-state index in [2.05, 4.69) is 10.3 Å². The first kappa shape index (κ1) is 10.5. The average molecular weight is 194 g/mol. The fraction of sp³-hybridized carbons (Fsp3) is 0.400. The van der Waals surface area contributed by atoms with Crippen molar-refractivity contribution in [1.82, 2.24) is 4.98 Å². The number of hydrogen-bond acceptors (Lipinski definition) is 4. The first-order chi connectivity index (χ1) is 6.67. The lowest BCUT2D eigenvalue weighted by Crippen LogP contribution is -2.06. The molecule has 4 nitrogen and oxygen atoms in total. The molecule has 0 saturated heterocycles. The number of carbonyl (C=O) groups excluding carboxylic acids is 1. The van der Waals surface area contributed by atoms with Gasteiger partial charge in [0.05, 0.1) is 12.2 Å². The fourth-order valence-electron chi connectivity index (χ4n) is 1.13. The highest BCUT2D eigenvalue weighted by molar-refractivity contribution is 5.90. The largest absolute Gasteiger partial charge is 0.462 e. The van der Waals surface area contributed by atoms with Crippen molar-refractivity contribution >= 4 is 11.8 Å². The molecule has 0 fully saturated rings. The van der Waals surface area contributed by atoms with Gasteiger partial charge in [-0.2, -0.15) is 0 Å². The van der Waals surface area contributed by atoms with Crippen molar-refractivity contribution in [2.24, 2.45) is 0 Å². The Bertz CT molecular complexity index is 337. The SMILES string of the molecule is CCOC(=O)c1cc(C)nc(NC)c1. The van der Waals surface area contributed by atoms with Gasteiger partial charge in [0.25, 0.3) is 0 Å². The van der Waals surface area contributed by atoms with E-state index in [1.54, 1.807) is 26.1 Å². The van der Waals surface area contributed by atoms with Crippen molar-refractivity contribution in [2.45, 2.75) is 13.8 Å². The van der Waals surface area contributed by atoms with Crippen molar-refractivity contribution in [1.29, 1.82) is 0 Å². The maximum Gasteiger partial charge on any atom is 0.338 e. The highest BCUT2D eigenvalue weighted by Gasteiger charge is 2.08. The van der Waals surface area contributed by atoms with Crippen LogP contribution >= 0.6 is 0 Å². The first-order valence-electron chi connectivity index (χ1n) is 4.51. The third kappa shape index (κ3) is 2.45. The van der Waals surface area contributed by atoms with Gasteiger partial charge >= 0.3 is 5.97 Å². The smallest absolute Gasteiger partial charge is 0.338 e. The van der Waals surface area contributed by atoms with E-state index in [0.717, 1.165) is 5.69 Å². The molecule has 76 valence electrons. The van der Waals surface area contributed by atoms with Crippen LogP contribution in [0.15, 0.2) is 12.1 Å². The van der Waals surface area contributed by atoms with Crippen LogP contribution in [0.3, 0.4) is 0 Å². The van der Waals surface area contributed by atoms with Gasteiger partial charge < -0.3 is 10.1 Å². The monoisotopic (exact) mass is 194 g/mol. The molecule has 0 atom stereocenters. The highest BCUT2D eigenvalue weighted by Crippen LogP contribution is 2.10. The zero-order valence-corrected chi connectivity index (χ0v) is 8.63. The van der Waals surface area contributed by atoms with Crippen molar-refractivity contribution < 1.29 is 9.53 Å². The van der Waals surface area contributed by atoms with E-state index in [-0.39, 0.29) is 5.97 Å². The minimum Gasteiger partial charge on any atom is -0.462 e. The van der Waals surface area contributed by atoms with Crippen molar-refractivity contribution in [3.05, 3.63) is 23.4 Å². The molecule has 0 bridgehead atoms. The topological polar surface area (TPSA) is 51.2 Å². The second-order valence-corrected chi connectivity index (χ2v) is 2.85. The second-order valence-electron chi connectivity index (χ2n) is 2.85. The summed E-state index contributed by atoms with van der Waals surface area (Å²) in [7, 11) is 1.76. The number of anilines is 1. The molecule has 4 heteroatoms. The van der Waals surface area contributed by atoms with Gasteiger partial charge in [0.1, 0.15) is 5.82 Å². The van der Waals surface area contributed by atoms with Crippen LogP contribution in [0.5, 0.6) is 0 Å². The lowest BCUT2D eigenvalue weighted by molar-refractivity contribution is 0.0526. The quantitative estimate of drug-likeness (QED) is 0.743. The van der Waals surface area contributed by atoms with Crippen LogP contribution in [0, 0.1) is 6.92 Å². The summed E-state index contributed by atoms with van der Waals surface area (Å²) in [4.78, 5) is 15.6. The third-order valence-electron chi connectivity index (χ3n) is 1.72. The zero-order valence-electron chi connectivity index (χ0n) is 8.63. The zero-order chi connectivity index (χ0) is 10.6. The van der Waals surface area contributed by atoms with Crippen molar-refractivity contribution in [3.8, 4) is 0 Å². The molecule has 1 N–H and O–H groups in total. The summed E-state index contributed by atoms with van der Waals surface area (Å²) in [6.45, 7) is 4.00. The van der Waals surface area contributed by atoms with E-state index < -0.39 is 0 Å². The van der Waals surface area contributed by atoms with Crippen LogP contribution in [0.2, 0.25) is 0 Å². The van der Waals surface area contributed by atoms with Gasteiger partial charge in [0.2, 0.25) is 0 Å². The third-order valence-corrected chi connectivity index (χ3v) is 1.72. The second kappa shape index (κ2) is 4.60. The molecule has 0 aliphatic heterocycles. The molecule has 0 unspecified atom stereocenters. The molecule has 14 heavy (non-hydrogen) atoms. The lowest BCUT2D eigenvalue weighted by atomic mass is 10.2. The Balaban J connectivity index is 2.96. The fourth-order valence-corrected chi connectivity index (χ4v) is 1.13. The molecule has 0 radical (unpaired) electrons. The van der Waals surface area contributed by atoms with E-state index in [0.29, 0.717) is 18.0 Å². The van der Waals surface area contributed by atoms with Gasteiger partial charge in [-0.1, -0.05) is 0 Å².